The first kappa shape index (κ1) is 17.2. The maximum absolute atomic E-state index is 13.7. The summed E-state index contributed by atoms with van der Waals surface area (Å²) in [6.45, 7) is 1.62. The zero-order valence-corrected chi connectivity index (χ0v) is 16.3. The number of nitrogens with zero attached hydrogens (tertiary/aromatic N) is 2. The molecular weight excluding hydrogens is 365 g/mol. The summed E-state index contributed by atoms with van der Waals surface area (Å²) in [5, 5.41) is 9.80. The fourth-order valence-electron chi connectivity index (χ4n) is 5.14. The minimum Gasteiger partial charge on any atom is -0.381 e. The predicted molar refractivity (Wildman–Crippen MR) is 112 cm³/mol. The van der Waals surface area contributed by atoms with Crippen LogP contribution in [0.25, 0.3) is 27.5 Å². The Kier molecular flexibility index (Phi) is 3.98. The summed E-state index contributed by atoms with van der Waals surface area (Å²) >= 11 is 0. The van der Waals surface area contributed by atoms with Crippen molar-refractivity contribution in [2.24, 2.45) is 0 Å². The van der Waals surface area contributed by atoms with Crippen molar-refractivity contribution >= 4 is 21.8 Å². The average molecular weight is 389 g/mol. The molecule has 2 fully saturated rings. The van der Waals surface area contributed by atoms with Crippen LogP contribution >= 0.6 is 0 Å². The van der Waals surface area contributed by atoms with Gasteiger partial charge in [-0.25, -0.2) is 4.39 Å². The van der Waals surface area contributed by atoms with E-state index in [4.69, 9.17) is 4.74 Å². The van der Waals surface area contributed by atoms with E-state index in [-0.39, 0.29) is 5.82 Å². The normalized spacial score (nSPS) is 18.5. The van der Waals surface area contributed by atoms with Gasteiger partial charge < -0.3 is 9.30 Å². The summed E-state index contributed by atoms with van der Waals surface area (Å²) in [7, 11) is 0. The Labute approximate surface area is 168 Å². The van der Waals surface area contributed by atoms with Gasteiger partial charge in [-0.1, -0.05) is 6.42 Å². The van der Waals surface area contributed by atoms with E-state index < -0.39 is 0 Å². The highest BCUT2D eigenvalue weighted by molar-refractivity contribution is 5.99. The van der Waals surface area contributed by atoms with Crippen molar-refractivity contribution in [3.8, 4) is 5.69 Å². The number of hydrogen-bond acceptors (Lipinski definition) is 2. The molecule has 4 aromatic rings. The lowest BCUT2D eigenvalue weighted by atomic mass is 9.76. The SMILES string of the molecule is Fc1ccc(-n2c(C3CCOCC3)c(C3CCC3)c3cc4[nH]ncc4cc32)cc1. The van der Waals surface area contributed by atoms with Crippen LogP contribution in [0.5, 0.6) is 0 Å². The van der Waals surface area contributed by atoms with Crippen molar-refractivity contribution in [1.29, 1.82) is 0 Å². The van der Waals surface area contributed by atoms with Crippen molar-refractivity contribution in [2.45, 2.75) is 43.9 Å². The molecule has 1 saturated heterocycles. The molecule has 0 atom stereocenters. The summed E-state index contributed by atoms with van der Waals surface area (Å²) in [6.07, 6.45) is 7.76. The second kappa shape index (κ2) is 6.70. The molecule has 1 aliphatic carbocycles. The number of ether oxygens (including phenoxy) is 1. The molecule has 1 saturated carbocycles. The van der Waals surface area contributed by atoms with E-state index in [0.29, 0.717) is 11.8 Å². The second-order valence-corrected chi connectivity index (χ2v) is 8.45. The third-order valence-electron chi connectivity index (χ3n) is 6.81. The van der Waals surface area contributed by atoms with Crippen LogP contribution in [0.4, 0.5) is 4.39 Å². The molecule has 1 aliphatic heterocycles. The maximum atomic E-state index is 13.7. The summed E-state index contributed by atoms with van der Waals surface area (Å²) in [6, 6.07) is 11.4. The minimum absolute atomic E-state index is 0.200. The molecule has 4 nitrogen and oxygen atoms in total. The monoisotopic (exact) mass is 389 g/mol. The third kappa shape index (κ3) is 2.71. The number of aromatic nitrogens is 3. The van der Waals surface area contributed by atoms with Crippen LogP contribution in [0, 0.1) is 5.82 Å². The van der Waals surface area contributed by atoms with Gasteiger partial charge in [-0.15, -0.1) is 0 Å². The van der Waals surface area contributed by atoms with E-state index >= 15 is 0 Å². The molecule has 0 spiro atoms. The Morgan fingerprint density at radius 3 is 2.52 bits per heavy atom. The number of fused-ring (bicyclic) bond motifs is 2. The first-order valence-electron chi connectivity index (χ1n) is 10.6. The molecule has 2 aromatic heterocycles. The van der Waals surface area contributed by atoms with Gasteiger partial charge in [0, 0.05) is 41.3 Å². The highest BCUT2D eigenvalue weighted by Crippen LogP contribution is 2.48. The molecule has 3 heterocycles. The van der Waals surface area contributed by atoms with Gasteiger partial charge in [0.25, 0.3) is 0 Å². The van der Waals surface area contributed by atoms with Gasteiger partial charge in [0.15, 0.2) is 0 Å². The van der Waals surface area contributed by atoms with Gasteiger partial charge in [0.05, 0.1) is 17.2 Å². The standard InChI is InChI=1S/C24H24FN3O/c25-18-4-6-19(7-5-18)28-22-12-17-14-26-27-21(17)13-20(22)23(15-2-1-3-15)24(28)16-8-10-29-11-9-16/h4-7,12-16H,1-3,8-11H2,(H,26,27). The first-order chi connectivity index (χ1) is 14.3. The molecule has 2 aromatic carbocycles. The third-order valence-corrected chi connectivity index (χ3v) is 6.81. The number of benzene rings is 2. The summed E-state index contributed by atoms with van der Waals surface area (Å²) in [4.78, 5) is 0. The maximum Gasteiger partial charge on any atom is 0.123 e. The average Bonchev–Trinajstić information content (AvgIpc) is 3.29. The summed E-state index contributed by atoms with van der Waals surface area (Å²) < 4.78 is 21.8. The second-order valence-electron chi connectivity index (χ2n) is 8.45. The van der Waals surface area contributed by atoms with Crippen molar-refractivity contribution in [2.75, 3.05) is 13.2 Å². The van der Waals surface area contributed by atoms with Crippen molar-refractivity contribution < 1.29 is 9.13 Å². The number of halogens is 1. The summed E-state index contributed by atoms with van der Waals surface area (Å²) in [5.41, 5.74) is 6.23. The number of rotatable bonds is 3. The van der Waals surface area contributed by atoms with Crippen LogP contribution in [0.15, 0.2) is 42.6 Å². The van der Waals surface area contributed by atoms with E-state index in [1.165, 1.54) is 41.4 Å². The summed E-state index contributed by atoms with van der Waals surface area (Å²) in [5.74, 6) is 0.875. The van der Waals surface area contributed by atoms with E-state index in [1.54, 1.807) is 12.1 Å². The number of nitrogens with one attached hydrogen (secondary N) is 1. The molecule has 0 unspecified atom stereocenters. The van der Waals surface area contributed by atoms with Crippen LogP contribution in [0.1, 0.15) is 55.2 Å². The molecule has 5 heteroatoms. The molecule has 148 valence electrons. The highest BCUT2D eigenvalue weighted by Gasteiger charge is 2.33. The Balaban J connectivity index is 1.70. The molecule has 0 bridgehead atoms. The fraction of sp³-hybridized carbons (Fsp3) is 0.375. The number of H-pyrrole nitrogens is 1. The van der Waals surface area contributed by atoms with E-state index in [9.17, 15) is 4.39 Å². The van der Waals surface area contributed by atoms with Crippen molar-refractivity contribution in [3.05, 3.63) is 59.7 Å². The van der Waals surface area contributed by atoms with E-state index in [0.717, 1.165) is 42.6 Å². The van der Waals surface area contributed by atoms with Crippen molar-refractivity contribution in [1.82, 2.24) is 14.8 Å². The van der Waals surface area contributed by atoms with Gasteiger partial charge in [0.2, 0.25) is 0 Å². The van der Waals surface area contributed by atoms with Gasteiger partial charge in [-0.05, 0) is 73.6 Å². The van der Waals surface area contributed by atoms with Gasteiger partial charge in [-0.3, -0.25) is 5.10 Å². The van der Waals surface area contributed by atoms with E-state index in [2.05, 4.69) is 26.9 Å². The van der Waals surface area contributed by atoms with Gasteiger partial charge in [0.1, 0.15) is 5.82 Å². The Morgan fingerprint density at radius 2 is 1.79 bits per heavy atom. The number of hydrogen-bond donors (Lipinski definition) is 1. The highest BCUT2D eigenvalue weighted by atomic mass is 19.1. The van der Waals surface area contributed by atoms with Gasteiger partial charge >= 0.3 is 0 Å². The quantitative estimate of drug-likeness (QED) is 0.481. The van der Waals surface area contributed by atoms with Crippen LogP contribution < -0.4 is 0 Å². The predicted octanol–water partition coefficient (Wildman–Crippen LogP) is 5.81. The zero-order valence-electron chi connectivity index (χ0n) is 16.3. The number of aromatic amines is 1. The van der Waals surface area contributed by atoms with E-state index in [1.807, 2.05) is 18.3 Å². The fourth-order valence-corrected chi connectivity index (χ4v) is 5.14. The van der Waals surface area contributed by atoms with Crippen LogP contribution in [0.3, 0.4) is 0 Å². The molecular formula is C24H24FN3O. The lowest BCUT2D eigenvalue weighted by molar-refractivity contribution is 0.0839. The molecule has 6 rings (SSSR count). The smallest absolute Gasteiger partial charge is 0.123 e. The molecule has 0 amide bonds. The lowest BCUT2D eigenvalue weighted by Crippen LogP contribution is -2.20. The Hall–Kier alpha value is -2.66. The van der Waals surface area contributed by atoms with Crippen LogP contribution in [-0.4, -0.2) is 28.0 Å². The molecule has 1 N–H and O–H groups in total. The Morgan fingerprint density at radius 1 is 1.00 bits per heavy atom. The lowest BCUT2D eigenvalue weighted by Gasteiger charge is -2.31. The zero-order chi connectivity index (χ0) is 19.4. The largest absolute Gasteiger partial charge is 0.381 e. The molecule has 2 aliphatic rings. The first-order valence-corrected chi connectivity index (χ1v) is 10.6. The topological polar surface area (TPSA) is 42.8 Å². The van der Waals surface area contributed by atoms with Crippen LogP contribution in [0.2, 0.25) is 0 Å². The molecule has 29 heavy (non-hydrogen) atoms. The minimum atomic E-state index is -0.200. The van der Waals surface area contributed by atoms with Crippen LogP contribution in [-0.2, 0) is 4.74 Å². The van der Waals surface area contributed by atoms with Gasteiger partial charge in [-0.2, -0.15) is 5.10 Å². The Bertz CT molecular complexity index is 1180. The van der Waals surface area contributed by atoms with Crippen molar-refractivity contribution in [3.63, 3.8) is 0 Å². The molecule has 0 radical (unpaired) electrons.